The van der Waals surface area contributed by atoms with Gasteiger partial charge in [0.2, 0.25) is 0 Å². The van der Waals surface area contributed by atoms with Crippen LogP contribution >= 0.6 is 12.2 Å². The number of nitrogens with one attached hydrogen (secondary N) is 3. The summed E-state index contributed by atoms with van der Waals surface area (Å²) in [6.07, 6.45) is 0.849. The van der Waals surface area contributed by atoms with Crippen molar-refractivity contribution >= 4 is 34.8 Å². The molecule has 136 valence electrons. The molecule has 0 heterocycles. The Morgan fingerprint density at radius 1 is 1.08 bits per heavy atom. The second-order valence-electron chi connectivity index (χ2n) is 5.75. The summed E-state index contributed by atoms with van der Waals surface area (Å²) in [4.78, 5) is 24.0. The zero-order valence-electron chi connectivity index (χ0n) is 14.5. The van der Waals surface area contributed by atoms with Crippen LogP contribution in [0.3, 0.4) is 0 Å². The van der Waals surface area contributed by atoms with Crippen LogP contribution < -0.4 is 16.0 Å². The normalized spacial score (nSPS) is 11.3. The van der Waals surface area contributed by atoms with Crippen molar-refractivity contribution in [3.05, 3.63) is 65.5 Å². The van der Waals surface area contributed by atoms with Crippen molar-refractivity contribution in [3.63, 3.8) is 0 Å². The van der Waals surface area contributed by atoms with Crippen LogP contribution in [0.25, 0.3) is 0 Å². The molecule has 0 aromatic heterocycles. The largest absolute Gasteiger partial charge is 0.350 e. The van der Waals surface area contributed by atoms with Gasteiger partial charge in [0, 0.05) is 17.3 Å². The quantitative estimate of drug-likeness (QED) is 0.702. The highest BCUT2D eigenvalue weighted by molar-refractivity contribution is 7.80. The first-order chi connectivity index (χ1) is 12.4. The van der Waals surface area contributed by atoms with Crippen LogP contribution in [0.2, 0.25) is 0 Å². The van der Waals surface area contributed by atoms with Crippen LogP contribution in [-0.4, -0.2) is 23.0 Å². The lowest BCUT2D eigenvalue weighted by Crippen LogP contribution is -2.34. The molecule has 0 fully saturated rings. The third-order valence-corrected chi connectivity index (χ3v) is 3.94. The van der Waals surface area contributed by atoms with E-state index in [4.69, 9.17) is 12.2 Å². The van der Waals surface area contributed by atoms with Crippen LogP contribution in [-0.2, 0) is 0 Å². The SMILES string of the molecule is CCC(C)NC(=O)c1ccc(NC(=S)NC(=O)c2ccccc2F)cc1. The fourth-order valence-electron chi connectivity index (χ4n) is 2.09. The third-order valence-electron chi connectivity index (χ3n) is 3.74. The van der Waals surface area contributed by atoms with Gasteiger partial charge in [0.15, 0.2) is 5.11 Å². The molecule has 1 unspecified atom stereocenters. The van der Waals surface area contributed by atoms with E-state index in [0.717, 1.165) is 6.42 Å². The standard InChI is InChI=1S/C19H20FN3O2S/c1-3-12(2)21-17(24)13-8-10-14(11-9-13)22-19(26)23-18(25)15-6-4-5-7-16(15)20/h4-12H,3H2,1-2H3,(H,21,24)(H2,22,23,25,26). The van der Waals surface area contributed by atoms with E-state index in [9.17, 15) is 14.0 Å². The van der Waals surface area contributed by atoms with Gasteiger partial charge in [-0.15, -0.1) is 0 Å². The highest BCUT2D eigenvalue weighted by Crippen LogP contribution is 2.11. The number of carbonyl (C=O) groups excluding carboxylic acids is 2. The van der Waals surface area contributed by atoms with Crippen LogP contribution in [0.5, 0.6) is 0 Å². The average Bonchev–Trinajstić information content (AvgIpc) is 2.62. The summed E-state index contributed by atoms with van der Waals surface area (Å²) >= 11 is 5.07. The molecular weight excluding hydrogens is 353 g/mol. The monoisotopic (exact) mass is 373 g/mol. The molecular formula is C19H20FN3O2S. The number of halogens is 1. The molecule has 3 N–H and O–H groups in total. The molecule has 2 amide bonds. The van der Waals surface area contributed by atoms with Gasteiger partial charge >= 0.3 is 0 Å². The number of anilines is 1. The van der Waals surface area contributed by atoms with Crippen LogP contribution in [0.1, 0.15) is 41.0 Å². The number of hydrogen-bond acceptors (Lipinski definition) is 3. The molecule has 2 rings (SSSR count). The van der Waals surface area contributed by atoms with Crippen molar-refractivity contribution in [2.45, 2.75) is 26.3 Å². The molecule has 0 saturated carbocycles. The highest BCUT2D eigenvalue weighted by atomic mass is 32.1. The molecule has 0 radical (unpaired) electrons. The Hall–Kier alpha value is -2.80. The molecule has 2 aromatic carbocycles. The molecule has 0 saturated heterocycles. The number of carbonyl (C=O) groups is 2. The molecule has 1 atom stereocenters. The van der Waals surface area contributed by atoms with Crippen molar-refractivity contribution in [3.8, 4) is 0 Å². The number of rotatable bonds is 5. The maximum atomic E-state index is 13.6. The Morgan fingerprint density at radius 2 is 1.73 bits per heavy atom. The first-order valence-corrected chi connectivity index (χ1v) is 8.59. The molecule has 0 bridgehead atoms. The number of amides is 2. The van der Waals surface area contributed by atoms with Gasteiger partial charge in [0.05, 0.1) is 5.56 Å². The van der Waals surface area contributed by atoms with Gasteiger partial charge in [-0.05, 0) is 62.0 Å². The van der Waals surface area contributed by atoms with Crippen molar-refractivity contribution in [2.24, 2.45) is 0 Å². The Labute approximate surface area is 157 Å². The second-order valence-corrected chi connectivity index (χ2v) is 6.16. The first-order valence-electron chi connectivity index (χ1n) is 8.18. The fraction of sp³-hybridized carbons (Fsp3) is 0.211. The number of benzene rings is 2. The third kappa shape index (κ3) is 5.35. The van der Waals surface area contributed by atoms with Crippen molar-refractivity contribution in [1.29, 1.82) is 0 Å². The number of thiocarbonyl (C=S) groups is 1. The summed E-state index contributed by atoms with van der Waals surface area (Å²) in [6.45, 7) is 3.93. The zero-order chi connectivity index (χ0) is 19.1. The van der Waals surface area contributed by atoms with Crippen molar-refractivity contribution in [1.82, 2.24) is 10.6 Å². The molecule has 2 aromatic rings. The summed E-state index contributed by atoms with van der Waals surface area (Å²) in [6, 6.07) is 12.4. The van der Waals surface area contributed by atoms with Gasteiger partial charge in [-0.25, -0.2) is 4.39 Å². The summed E-state index contributed by atoms with van der Waals surface area (Å²) < 4.78 is 13.6. The Balaban J connectivity index is 1.94. The molecule has 7 heteroatoms. The molecule has 0 aliphatic carbocycles. The zero-order valence-corrected chi connectivity index (χ0v) is 15.3. The van der Waals surface area contributed by atoms with Gasteiger partial charge in [-0.3, -0.25) is 14.9 Å². The molecule has 0 aliphatic heterocycles. The van der Waals surface area contributed by atoms with Gasteiger partial charge in [0.25, 0.3) is 11.8 Å². The van der Waals surface area contributed by atoms with Crippen LogP contribution in [0.4, 0.5) is 10.1 Å². The van der Waals surface area contributed by atoms with Gasteiger partial charge < -0.3 is 10.6 Å². The molecule has 26 heavy (non-hydrogen) atoms. The van der Waals surface area contributed by atoms with Gasteiger partial charge in [-0.2, -0.15) is 0 Å². The predicted octanol–water partition coefficient (Wildman–Crippen LogP) is 3.48. The Morgan fingerprint density at radius 3 is 2.35 bits per heavy atom. The van der Waals surface area contributed by atoms with Gasteiger partial charge in [0.1, 0.15) is 5.82 Å². The van der Waals surface area contributed by atoms with Crippen LogP contribution in [0.15, 0.2) is 48.5 Å². The summed E-state index contributed by atoms with van der Waals surface area (Å²) in [5, 5.41) is 8.16. The molecule has 5 nitrogen and oxygen atoms in total. The van der Waals surface area contributed by atoms with E-state index in [1.807, 2.05) is 13.8 Å². The Bertz CT molecular complexity index is 809. The summed E-state index contributed by atoms with van der Waals surface area (Å²) in [5.41, 5.74) is 1.04. The predicted molar refractivity (Wildman–Crippen MR) is 104 cm³/mol. The van der Waals surface area contributed by atoms with Crippen molar-refractivity contribution < 1.29 is 14.0 Å². The van der Waals surface area contributed by atoms with Gasteiger partial charge in [-0.1, -0.05) is 19.1 Å². The lowest BCUT2D eigenvalue weighted by atomic mass is 10.1. The summed E-state index contributed by atoms with van der Waals surface area (Å²) in [5.74, 6) is -1.41. The van der Waals surface area contributed by atoms with E-state index in [0.29, 0.717) is 11.3 Å². The Kier molecular flexibility index (Phi) is 6.80. The number of hydrogen-bond donors (Lipinski definition) is 3. The molecule has 0 aliphatic rings. The van der Waals surface area contributed by atoms with E-state index in [-0.39, 0.29) is 22.6 Å². The maximum Gasteiger partial charge on any atom is 0.260 e. The minimum Gasteiger partial charge on any atom is -0.350 e. The minimum absolute atomic E-state index is 0.0371. The highest BCUT2D eigenvalue weighted by Gasteiger charge is 2.13. The van der Waals surface area contributed by atoms with E-state index >= 15 is 0 Å². The van der Waals surface area contributed by atoms with Crippen LogP contribution in [0, 0.1) is 5.82 Å². The van der Waals surface area contributed by atoms with Crippen molar-refractivity contribution in [2.75, 3.05) is 5.32 Å². The second kappa shape index (κ2) is 9.05. The fourth-order valence-corrected chi connectivity index (χ4v) is 2.30. The molecule has 0 spiro atoms. The summed E-state index contributed by atoms with van der Waals surface area (Å²) in [7, 11) is 0. The van der Waals surface area contributed by atoms with E-state index in [1.165, 1.54) is 18.2 Å². The smallest absolute Gasteiger partial charge is 0.260 e. The average molecular weight is 373 g/mol. The lowest BCUT2D eigenvalue weighted by molar-refractivity contribution is 0.0937. The van der Waals surface area contributed by atoms with E-state index < -0.39 is 11.7 Å². The minimum atomic E-state index is -0.634. The topological polar surface area (TPSA) is 70.2 Å². The first kappa shape index (κ1) is 19.5. The lowest BCUT2D eigenvalue weighted by Gasteiger charge is -2.12. The van der Waals surface area contributed by atoms with E-state index in [1.54, 1.807) is 30.3 Å². The maximum absolute atomic E-state index is 13.6. The van der Waals surface area contributed by atoms with E-state index in [2.05, 4.69) is 16.0 Å².